The van der Waals surface area contributed by atoms with E-state index in [9.17, 15) is 5.26 Å². The molecule has 2 aromatic heterocycles. The van der Waals surface area contributed by atoms with Crippen molar-refractivity contribution in [1.82, 2.24) is 4.98 Å². The fourth-order valence-corrected chi connectivity index (χ4v) is 2.60. The van der Waals surface area contributed by atoms with Crippen LogP contribution in [0.25, 0.3) is 22.6 Å². The van der Waals surface area contributed by atoms with Crippen molar-refractivity contribution in [2.75, 3.05) is 0 Å². The van der Waals surface area contributed by atoms with E-state index in [4.69, 9.17) is 4.42 Å². The number of hydrogen-bond donors (Lipinski definition) is 0. The number of para-hydroxylation sites is 1. The Labute approximate surface area is 114 Å². The summed E-state index contributed by atoms with van der Waals surface area (Å²) in [4.78, 5) is 4.32. The minimum Gasteiger partial charge on any atom is -0.457 e. The topological polar surface area (TPSA) is 49.8 Å². The minimum absolute atomic E-state index is 0.525. The number of aromatic nitrogens is 1. The SMILES string of the molecule is Cc1csc(/C(C#N)=C\c2cc3ccccc3o2)n1. The van der Waals surface area contributed by atoms with Gasteiger partial charge in [-0.05, 0) is 19.1 Å². The van der Waals surface area contributed by atoms with Gasteiger partial charge in [-0.1, -0.05) is 18.2 Å². The summed E-state index contributed by atoms with van der Waals surface area (Å²) >= 11 is 1.46. The van der Waals surface area contributed by atoms with Crippen molar-refractivity contribution in [3.63, 3.8) is 0 Å². The highest BCUT2D eigenvalue weighted by Crippen LogP contribution is 2.25. The maximum absolute atomic E-state index is 9.23. The van der Waals surface area contributed by atoms with Crippen LogP contribution in [-0.4, -0.2) is 4.98 Å². The average molecular weight is 266 g/mol. The summed E-state index contributed by atoms with van der Waals surface area (Å²) in [6.07, 6.45) is 1.73. The van der Waals surface area contributed by atoms with Gasteiger partial charge in [-0.25, -0.2) is 4.98 Å². The fourth-order valence-electron chi connectivity index (χ4n) is 1.84. The van der Waals surface area contributed by atoms with Crippen LogP contribution in [0.1, 0.15) is 16.5 Å². The lowest BCUT2D eigenvalue weighted by molar-refractivity contribution is 0.604. The Hall–Kier alpha value is -2.38. The molecule has 0 aliphatic heterocycles. The van der Waals surface area contributed by atoms with Gasteiger partial charge in [0.2, 0.25) is 0 Å². The normalized spacial score (nSPS) is 11.7. The number of thiazole rings is 1. The maximum atomic E-state index is 9.23. The van der Waals surface area contributed by atoms with Crippen LogP contribution in [0.4, 0.5) is 0 Å². The first-order valence-corrected chi connectivity index (χ1v) is 6.67. The second-order valence-corrected chi connectivity index (χ2v) is 5.01. The molecule has 2 heterocycles. The number of hydrogen-bond acceptors (Lipinski definition) is 4. The largest absolute Gasteiger partial charge is 0.457 e. The van der Waals surface area contributed by atoms with Crippen LogP contribution in [0.5, 0.6) is 0 Å². The van der Waals surface area contributed by atoms with E-state index in [1.807, 2.05) is 42.6 Å². The second kappa shape index (κ2) is 4.71. The lowest BCUT2D eigenvalue weighted by Gasteiger charge is -1.90. The molecule has 3 aromatic rings. The van der Waals surface area contributed by atoms with Crippen LogP contribution in [0.3, 0.4) is 0 Å². The van der Waals surface area contributed by atoms with E-state index in [0.29, 0.717) is 11.3 Å². The van der Waals surface area contributed by atoms with E-state index in [1.165, 1.54) is 11.3 Å². The third-order valence-electron chi connectivity index (χ3n) is 2.70. The predicted molar refractivity (Wildman–Crippen MR) is 76.5 cm³/mol. The van der Waals surface area contributed by atoms with E-state index in [2.05, 4.69) is 11.1 Å². The van der Waals surface area contributed by atoms with Gasteiger partial charge in [0.15, 0.2) is 0 Å². The third-order valence-corrected chi connectivity index (χ3v) is 3.69. The number of allylic oxidation sites excluding steroid dienone is 1. The van der Waals surface area contributed by atoms with Gasteiger partial charge >= 0.3 is 0 Å². The van der Waals surface area contributed by atoms with Crippen LogP contribution in [0, 0.1) is 18.3 Å². The summed E-state index contributed by atoms with van der Waals surface area (Å²) in [5, 5.41) is 12.9. The van der Waals surface area contributed by atoms with Crippen LogP contribution < -0.4 is 0 Å². The van der Waals surface area contributed by atoms with E-state index >= 15 is 0 Å². The Balaban J connectivity index is 2.05. The number of rotatable bonds is 2. The number of benzene rings is 1. The highest BCUT2D eigenvalue weighted by molar-refractivity contribution is 7.11. The number of fused-ring (bicyclic) bond motifs is 1. The molecule has 0 saturated heterocycles. The first kappa shape index (κ1) is 11.7. The molecule has 0 unspecified atom stereocenters. The van der Waals surface area contributed by atoms with E-state index in [-0.39, 0.29) is 0 Å². The molecule has 0 aliphatic carbocycles. The van der Waals surface area contributed by atoms with Crippen molar-refractivity contribution < 1.29 is 4.42 Å². The average Bonchev–Trinajstić information content (AvgIpc) is 3.01. The molecule has 1 aromatic carbocycles. The summed E-state index contributed by atoms with van der Waals surface area (Å²) in [5.41, 5.74) is 2.27. The molecular formula is C15H10N2OS. The van der Waals surface area contributed by atoms with Gasteiger partial charge in [0.05, 0.1) is 5.57 Å². The quantitative estimate of drug-likeness (QED) is 0.651. The van der Waals surface area contributed by atoms with E-state index in [0.717, 1.165) is 21.7 Å². The zero-order chi connectivity index (χ0) is 13.2. The van der Waals surface area contributed by atoms with Crippen LogP contribution in [-0.2, 0) is 0 Å². The van der Waals surface area contributed by atoms with Crippen molar-refractivity contribution in [2.45, 2.75) is 6.92 Å². The van der Waals surface area contributed by atoms with Gasteiger partial charge < -0.3 is 4.42 Å². The molecule has 3 nitrogen and oxygen atoms in total. The fraction of sp³-hybridized carbons (Fsp3) is 0.0667. The summed E-state index contributed by atoms with van der Waals surface area (Å²) in [5.74, 6) is 0.672. The Morgan fingerprint density at radius 3 is 2.95 bits per heavy atom. The molecule has 0 aliphatic rings. The van der Waals surface area contributed by atoms with Crippen molar-refractivity contribution in [2.24, 2.45) is 0 Å². The Kier molecular flexibility index (Phi) is 2.90. The monoisotopic (exact) mass is 266 g/mol. The van der Waals surface area contributed by atoms with Gasteiger partial charge in [-0.15, -0.1) is 11.3 Å². The number of nitrogens with zero attached hydrogens (tertiary/aromatic N) is 2. The van der Waals surface area contributed by atoms with Gasteiger partial charge in [-0.3, -0.25) is 0 Å². The lowest BCUT2D eigenvalue weighted by atomic mass is 10.2. The molecule has 0 fully saturated rings. The van der Waals surface area contributed by atoms with Crippen LogP contribution in [0.15, 0.2) is 40.1 Å². The van der Waals surface area contributed by atoms with E-state index in [1.54, 1.807) is 6.08 Å². The van der Waals surface area contributed by atoms with Crippen molar-refractivity contribution in [1.29, 1.82) is 5.26 Å². The molecular weight excluding hydrogens is 256 g/mol. The summed E-state index contributed by atoms with van der Waals surface area (Å²) in [7, 11) is 0. The molecule has 19 heavy (non-hydrogen) atoms. The Bertz CT molecular complexity index is 772. The molecule has 3 rings (SSSR count). The molecule has 4 heteroatoms. The molecule has 0 spiro atoms. The van der Waals surface area contributed by atoms with Gasteiger partial charge in [0.1, 0.15) is 22.4 Å². The first-order valence-electron chi connectivity index (χ1n) is 5.79. The molecule has 0 saturated carbocycles. The summed E-state index contributed by atoms with van der Waals surface area (Å²) < 4.78 is 5.68. The Morgan fingerprint density at radius 2 is 2.26 bits per heavy atom. The van der Waals surface area contributed by atoms with Crippen molar-refractivity contribution >= 4 is 34.0 Å². The number of furan rings is 1. The minimum atomic E-state index is 0.525. The molecule has 0 radical (unpaired) electrons. The third kappa shape index (κ3) is 2.28. The molecule has 0 amide bonds. The second-order valence-electron chi connectivity index (χ2n) is 4.15. The highest BCUT2D eigenvalue weighted by Gasteiger charge is 2.08. The molecule has 92 valence electrons. The van der Waals surface area contributed by atoms with E-state index < -0.39 is 0 Å². The zero-order valence-electron chi connectivity index (χ0n) is 10.3. The molecule has 0 N–H and O–H groups in total. The van der Waals surface area contributed by atoms with Crippen LogP contribution >= 0.6 is 11.3 Å². The lowest BCUT2D eigenvalue weighted by Crippen LogP contribution is -1.80. The standard InChI is InChI=1S/C15H10N2OS/c1-10-9-19-15(17-10)12(8-16)7-13-6-11-4-2-3-5-14(11)18-13/h2-7,9H,1H3/b12-7-. The molecule has 0 bridgehead atoms. The predicted octanol–water partition coefficient (Wildman–Crippen LogP) is 4.26. The number of aryl methyl sites for hydroxylation is 1. The summed E-state index contributed by atoms with van der Waals surface area (Å²) in [6.45, 7) is 1.91. The maximum Gasteiger partial charge on any atom is 0.134 e. The van der Waals surface area contributed by atoms with Crippen molar-refractivity contribution in [3.05, 3.63) is 52.2 Å². The highest BCUT2D eigenvalue weighted by atomic mass is 32.1. The van der Waals surface area contributed by atoms with Gasteiger partial charge in [-0.2, -0.15) is 5.26 Å². The van der Waals surface area contributed by atoms with Crippen LogP contribution in [0.2, 0.25) is 0 Å². The first-order chi connectivity index (χ1) is 9.26. The number of nitriles is 1. The molecule has 0 atom stereocenters. The Morgan fingerprint density at radius 1 is 1.42 bits per heavy atom. The van der Waals surface area contributed by atoms with Gasteiger partial charge in [0.25, 0.3) is 0 Å². The zero-order valence-corrected chi connectivity index (χ0v) is 11.1. The smallest absolute Gasteiger partial charge is 0.134 e. The van der Waals surface area contributed by atoms with Crippen molar-refractivity contribution in [3.8, 4) is 6.07 Å². The van der Waals surface area contributed by atoms with Gasteiger partial charge in [0, 0.05) is 22.5 Å². The summed E-state index contributed by atoms with van der Waals surface area (Å²) in [6, 6.07) is 11.9.